The van der Waals surface area contributed by atoms with Crippen molar-refractivity contribution in [2.45, 2.75) is 47.5 Å². The predicted molar refractivity (Wildman–Crippen MR) is 128 cm³/mol. The van der Waals surface area contributed by atoms with Crippen LogP contribution in [-0.2, 0) is 0 Å². The van der Waals surface area contributed by atoms with E-state index in [1.165, 1.54) is 0 Å². The lowest BCUT2D eigenvalue weighted by molar-refractivity contribution is 0.446. The van der Waals surface area contributed by atoms with Crippen molar-refractivity contribution in [1.82, 2.24) is 10.2 Å². The van der Waals surface area contributed by atoms with Crippen LogP contribution < -0.4 is 11.1 Å². The van der Waals surface area contributed by atoms with Crippen LogP contribution in [0.5, 0.6) is 0 Å². The quantitative estimate of drug-likeness (QED) is 0.289. The summed E-state index contributed by atoms with van der Waals surface area (Å²) in [7, 11) is 0. The van der Waals surface area contributed by atoms with Crippen molar-refractivity contribution in [3.63, 3.8) is 0 Å². The molecular weight excluding hydrogens is 352 g/mol. The molecular formula is C22H42N4S. The Labute approximate surface area is 172 Å². The zero-order chi connectivity index (χ0) is 20.9. The smallest absolute Gasteiger partial charge is 0.136 e. The second kappa shape index (κ2) is 21.0. The molecule has 1 aliphatic rings. The Kier molecular flexibility index (Phi) is 21.7. The van der Waals surface area contributed by atoms with Gasteiger partial charge in [0.05, 0.1) is 5.70 Å². The number of amidine groups is 1. The Morgan fingerprint density at radius 1 is 1.26 bits per heavy atom. The van der Waals surface area contributed by atoms with Gasteiger partial charge in [0.25, 0.3) is 0 Å². The standard InChI is InChI=1S/C16H28N4S.C4H8.C2H6/c1-4-7-14(13-21-3)16(19-15(5-2)12-17)20-10-6-8-18-9-11-20;1-3-4-2;1-2/h4-5,7,13,18H,6,8-12,17H2,1-3H3;3H,1,4H2,2H3;1-2H3/b7-4+,14-13+,15-5+,19-16-;;. The summed E-state index contributed by atoms with van der Waals surface area (Å²) in [6, 6.07) is 0. The number of hydrogen-bond acceptors (Lipinski definition) is 4. The number of rotatable bonds is 6. The molecule has 1 saturated heterocycles. The molecule has 3 N–H and O–H groups in total. The highest BCUT2D eigenvalue weighted by molar-refractivity contribution is 8.01. The molecule has 5 heteroatoms. The van der Waals surface area contributed by atoms with E-state index in [0.717, 1.165) is 56.1 Å². The average Bonchev–Trinajstić information content (AvgIpc) is 3.00. The predicted octanol–water partition coefficient (Wildman–Crippen LogP) is 4.97. The van der Waals surface area contributed by atoms with Crippen LogP contribution in [0.25, 0.3) is 0 Å². The SMILES string of the molecule is C/C=C/C(=C\SC)C(=N/C(=C/C)CN)/N1CCCNCC1.C=CCC.CC. The summed E-state index contributed by atoms with van der Waals surface area (Å²) in [5, 5.41) is 5.59. The molecule has 0 saturated carbocycles. The summed E-state index contributed by atoms with van der Waals surface area (Å²) < 4.78 is 0. The van der Waals surface area contributed by atoms with Gasteiger partial charge >= 0.3 is 0 Å². The summed E-state index contributed by atoms with van der Waals surface area (Å²) in [6.07, 6.45) is 12.3. The maximum atomic E-state index is 5.79. The summed E-state index contributed by atoms with van der Waals surface area (Å²) in [5.41, 5.74) is 7.87. The molecule has 0 aromatic heterocycles. The summed E-state index contributed by atoms with van der Waals surface area (Å²) in [6.45, 7) is 18.1. The number of thioether (sulfide) groups is 1. The fourth-order valence-electron chi connectivity index (χ4n) is 2.21. The van der Waals surface area contributed by atoms with Crippen LogP contribution in [0, 0.1) is 0 Å². The molecule has 0 radical (unpaired) electrons. The lowest BCUT2D eigenvalue weighted by Crippen LogP contribution is -2.35. The summed E-state index contributed by atoms with van der Waals surface area (Å²) in [5.74, 6) is 1.03. The van der Waals surface area contributed by atoms with E-state index < -0.39 is 0 Å². The first kappa shape index (κ1) is 27.9. The second-order valence-electron chi connectivity index (χ2n) is 5.52. The minimum Gasteiger partial charge on any atom is -0.355 e. The molecule has 156 valence electrons. The van der Waals surface area contributed by atoms with Gasteiger partial charge in [-0.05, 0) is 44.9 Å². The van der Waals surface area contributed by atoms with Crippen LogP contribution in [0.3, 0.4) is 0 Å². The zero-order valence-corrected chi connectivity index (χ0v) is 19.2. The Bertz CT molecular complexity index is 471. The van der Waals surface area contributed by atoms with Crippen LogP contribution in [0.15, 0.2) is 52.6 Å². The first-order valence-corrected chi connectivity index (χ1v) is 11.3. The van der Waals surface area contributed by atoms with Crippen molar-refractivity contribution in [1.29, 1.82) is 0 Å². The highest BCUT2D eigenvalue weighted by atomic mass is 32.2. The maximum Gasteiger partial charge on any atom is 0.136 e. The van der Waals surface area contributed by atoms with Gasteiger partial charge in [0, 0.05) is 31.8 Å². The zero-order valence-electron chi connectivity index (χ0n) is 18.4. The number of nitrogens with zero attached hydrogens (tertiary/aromatic N) is 2. The molecule has 27 heavy (non-hydrogen) atoms. The van der Waals surface area contributed by atoms with Gasteiger partial charge in [0.2, 0.25) is 0 Å². The van der Waals surface area contributed by atoms with Crippen molar-refractivity contribution in [2.24, 2.45) is 10.7 Å². The van der Waals surface area contributed by atoms with Crippen LogP contribution in [-0.4, -0.2) is 49.7 Å². The van der Waals surface area contributed by atoms with Crippen molar-refractivity contribution in [3.05, 3.63) is 47.6 Å². The lowest BCUT2D eigenvalue weighted by Gasteiger charge is -2.25. The second-order valence-corrected chi connectivity index (χ2v) is 6.22. The highest BCUT2D eigenvalue weighted by Crippen LogP contribution is 2.14. The third-order valence-electron chi connectivity index (χ3n) is 3.57. The van der Waals surface area contributed by atoms with E-state index >= 15 is 0 Å². The van der Waals surface area contributed by atoms with E-state index in [2.05, 4.69) is 47.5 Å². The third kappa shape index (κ3) is 13.5. The Morgan fingerprint density at radius 3 is 2.41 bits per heavy atom. The van der Waals surface area contributed by atoms with Crippen molar-refractivity contribution in [2.75, 3.05) is 39.0 Å². The number of aliphatic imine (C=N–C) groups is 1. The molecule has 4 nitrogen and oxygen atoms in total. The molecule has 0 aliphatic carbocycles. The monoisotopic (exact) mass is 394 g/mol. The van der Waals surface area contributed by atoms with Gasteiger partial charge in [-0.15, -0.1) is 18.3 Å². The van der Waals surface area contributed by atoms with Gasteiger partial charge in [0.1, 0.15) is 5.84 Å². The summed E-state index contributed by atoms with van der Waals surface area (Å²) >= 11 is 1.70. The third-order valence-corrected chi connectivity index (χ3v) is 4.06. The largest absolute Gasteiger partial charge is 0.355 e. The van der Waals surface area contributed by atoms with Crippen molar-refractivity contribution < 1.29 is 0 Å². The van der Waals surface area contributed by atoms with Crippen LogP contribution >= 0.6 is 11.8 Å². The fourth-order valence-corrected chi connectivity index (χ4v) is 2.65. The number of hydrogen-bond donors (Lipinski definition) is 2. The van der Waals surface area contributed by atoms with Crippen molar-refractivity contribution >= 4 is 17.6 Å². The normalized spacial score (nSPS) is 16.1. The number of nitrogens with two attached hydrogens (primary N) is 1. The highest BCUT2D eigenvalue weighted by Gasteiger charge is 2.16. The van der Waals surface area contributed by atoms with Gasteiger partial charge in [-0.1, -0.05) is 45.1 Å². The molecule has 1 rings (SSSR count). The Morgan fingerprint density at radius 2 is 1.93 bits per heavy atom. The van der Waals surface area contributed by atoms with Gasteiger partial charge in [-0.2, -0.15) is 0 Å². The van der Waals surface area contributed by atoms with Crippen LogP contribution in [0.1, 0.15) is 47.5 Å². The molecule has 1 aliphatic heterocycles. The molecule has 0 unspecified atom stereocenters. The maximum absolute atomic E-state index is 5.79. The minimum atomic E-state index is 0.467. The van der Waals surface area contributed by atoms with Gasteiger partial charge in [0.15, 0.2) is 0 Å². The van der Waals surface area contributed by atoms with E-state index in [9.17, 15) is 0 Å². The van der Waals surface area contributed by atoms with Gasteiger partial charge in [-0.25, -0.2) is 4.99 Å². The van der Waals surface area contributed by atoms with Gasteiger partial charge in [-0.3, -0.25) is 0 Å². The topological polar surface area (TPSA) is 53.6 Å². The Balaban J connectivity index is 0. The summed E-state index contributed by atoms with van der Waals surface area (Å²) in [4.78, 5) is 7.20. The van der Waals surface area contributed by atoms with Gasteiger partial charge < -0.3 is 16.0 Å². The van der Waals surface area contributed by atoms with Crippen LogP contribution in [0.4, 0.5) is 0 Å². The molecule has 0 bridgehead atoms. The van der Waals surface area contributed by atoms with E-state index in [-0.39, 0.29) is 0 Å². The van der Waals surface area contributed by atoms with E-state index in [1.54, 1.807) is 11.8 Å². The molecule has 0 amide bonds. The lowest BCUT2D eigenvalue weighted by atomic mass is 10.2. The van der Waals surface area contributed by atoms with Crippen molar-refractivity contribution in [3.8, 4) is 0 Å². The molecule has 0 atom stereocenters. The molecule has 0 aromatic carbocycles. The number of allylic oxidation sites excluding steroid dienone is 3. The molecule has 1 heterocycles. The van der Waals surface area contributed by atoms with E-state index in [0.29, 0.717) is 6.54 Å². The minimum absolute atomic E-state index is 0.467. The van der Waals surface area contributed by atoms with E-state index in [1.807, 2.05) is 39.8 Å². The van der Waals surface area contributed by atoms with E-state index in [4.69, 9.17) is 10.7 Å². The molecule has 1 fully saturated rings. The van der Waals surface area contributed by atoms with Crippen LogP contribution in [0.2, 0.25) is 0 Å². The first-order chi connectivity index (χ1) is 13.2. The first-order valence-electron chi connectivity index (χ1n) is 10.0. The molecule has 0 spiro atoms. The average molecular weight is 395 g/mol. The molecule has 0 aromatic rings. The Hall–Kier alpha value is -1.30. The fraction of sp³-hybridized carbons (Fsp3) is 0.591. The number of nitrogens with one attached hydrogen (secondary N) is 1.